The third kappa shape index (κ3) is 5.18. The normalized spacial score (nSPS) is 11.6. The van der Waals surface area contributed by atoms with Crippen LogP contribution in [-0.4, -0.2) is 29.4 Å². The van der Waals surface area contributed by atoms with Gasteiger partial charge in [-0.3, -0.25) is 0 Å². The molecule has 0 aliphatic heterocycles. The minimum Gasteiger partial charge on any atom is -0.245 e. The molecule has 0 unspecified atom stereocenters. The number of hydrogen-bond acceptors (Lipinski definition) is 4. The zero-order valence-corrected chi connectivity index (χ0v) is 19.3. The van der Waals surface area contributed by atoms with Crippen LogP contribution in [0.25, 0.3) is 11.4 Å². The van der Waals surface area contributed by atoms with Crippen molar-refractivity contribution in [3.05, 3.63) is 99.5 Å². The lowest BCUT2D eigenvalue weighted by Gasteiger charge is -2.08. The number of hydrogen-bond donors (Lipinski definition) is 0. The molecular formula is C23H18Cl2FN3O2S. The number of rotatable bonds is 6. The van der Waals surface area contributed by atoms with Crippen LogP contribution in [0.5, 0.6) is 0 Å². The summed E-state index contributed by atoms with van der Waals surface area (Å²) in [7, 11) is -3.38. The summed E-state index contributed by atoms with van der Waals surface area (Å²) in [5, 5.41) is 5.71. The van der Waals surface area contributed by atoms with Crippen LogP contribution in [0.15, 0.2) is 71.6 Å². The van der Waals surface area contributed by atoms with Gasteiger partial charge in [0, 0.05) is 28.3 Å². The van der Waals surface area contributed by atoms with Crippen molar-refractivity contribution in [2.24, 2.45) is 0 Å². The SMILES string of the molecule is CS(=O)(=O)c1cccc(-c2nc(Cc3ccc(F)cc3)n(Cc3cc(Cl)ccc3Cl)n2)c1. The van der Waals surface area contributed by atoms with Crippen molar-refractivity contribution in [2.45, 2.75) is 17.9 Å². The van der Waals surface area contributed by atoms with Gasteiger partial charge in [0.25, 0.3) is 0 Å². The van der Waals surface area contributed by atoms with Crippen LogP contribution in [0.1, 0.15) is 17.0 Å². The fourth-order valence-corrected chi connectivity index (χ4v) is 4.27. The Labute approximate surface area is 195 Å². The van der Waals surface area contributed by atoms with Crippen LogP contribution in [-0.2, 0) is 22.8 Å². The van der Waals surface area contributed by atoms with Crippen LogP contribution in [0.2, 0.25) is 10.0 Å². The van der Waals surface area contributed by atoms with Gasteiger partial charge in [-0.1, -0.05) is 47.5 Å². The molecule has 0 aliphatic carbocycles. The Hall–Kier alpha value is -2.74. The van der Waals surface area contributed by atoms with Crippen LogP contribution < -0.4 is 0 Å². The molecule has 1 heterocycles. The number of halogens is 3. The molecule has 0 spiro atoms. The topological polar surface area (TPSA) is 64.8 Å². The minimum atomic E-state index is -3.38. The van der Waals surface area contributed by atoms with Crippen molar-refractivity contribution in [2.75, 3.05) is 6.26 Å². The number of nitrogens with zero attached hydrogens (tertiary/aromatic N) is 3. The molecule has 4 aromatic rings. The van der Waals surface area contributed by atoms with Crippen LogP contribution >= 0.6 is 23.2 Å². The van der Waals surface area contributed by atoms with Crippen molar-refractivity contribution >= 4 is 33.0 Å². The second-order valence-corrected chi connectivity index (χ2v) is 10.2. The molecule has 5 nitrogen and oxygen atoms in total. The quantitative estimate of drug-likeness (QED) is 0.362. The second-order valence-electron chi connectivity index (χ2n) is 7.35. The van der Waals surface area contributed by atoms with E-state index in [4.69, 9.17) is 23.2 Å². The van der Waals surface area contributed by atoms with Gasteiger partial charge in [0.2, 0.25) is 0 Å². The molecule has 164 valence electrons. The summed E-state index contributed by atoms with van der Waals surface area (Å²) < 4.78 is 39.0. The Morgan fingerprint density at radius 3 is 2.47 bits per heavy atom. The summed E-state index contributed by atoms with van der Waals surface area (Å²) in [5.74, 6) is 0.678. The highest BCUT2D eigenvalue weighted by Gasteiger charge is 2.16. The average Bonchev–Trinajstić information content (AvgIpc) is 3.14. The first-order valence-corrected chi connectivity index (χ1v) is 12.3. The predicted octanol–water partition coefficient (Wildman–Crippen LogP) is 5.43. The van der Waals surface area contributed by atoms with E-state index in [1.54, 1.807) is 53.2 Å². The molecule has 4 rings (SSSR count). The summed E-state index contributed by atoms with van der Waals surface area (Å²) >= 11 is 12.5. The highest BCUT2D eigenvalue weighted by Crippen LogP contribution is 2.25. The molecule has 0 saturated carbocycles. The first-order chi connectivity index (χ1) is 15.2. The van der Waals surface area contributed by atoms with Gasteiger partial charge in [0.05, 0.1) is 11.4 Å². The van der Waals surface area contributed by atoms with Gasteiger partial charge in [-0.2, -0.15) is 5.10 Å². The summed E-state index contributed by atoms with van der Waals surface area (Å²) in [5.41, 5.74) is 2.19. The molecule has 9 heteroatoms. The standard InChI is InChI=1S/C23H18Cl2FN3O2S/c1-32(30,31)20-4-2-3-16(13-20)23-27-22(11-15-5-8-19(26)9-6-15)29(28-23)14-17-12-18(24)7-10-21(17)25/h2-10,12-13H,11,14H2,1H3. The second kappa shape index (κ2) is 9.02. The largest absolute Gasteiger partial charge is 0.245 e. The summed E-state index contributed by atoms with van der Waals surface area (Å²) in [4.78, 5) is 4.84. The van der Waals surface area contributed by atoms with E-state index >= 15 is 0 Å². The molecule has 1 aromatic heterocycles. The molecule has 0 N–H and O–H groups in total. The van der Waals surface area contributed by atoms with E-state index in [9.17, 15) is 12.8 Å². The lowest BCUT2D eigenvalue weighted by molar-refractivity contribution is 0.602. The van der Waals surface area contributed by atoms with E-state index < -0.39 is 9.84 Å². The number of benzene rings is 3. The smallest absolute Gasteiger partial charge is 0.181 e. The zero-order chi connectivity index (χ0) is 22.9. The predicted molar refractivity (Wildman–Crippen MR) is 123 cm³/mol. The molecule has 0 radical (unpaired) electrons. The lowest BCUT2D eigenvalue weighted by atomic mass is 10.1. The Bertz CT molecular complexity index is 1390. The highest BCUT2D eigenvalue weighted by atomic mass is 35.5. The van der Waals surface area contributed by atoms with E-state index in [0.717, 1.165) is 17.4 Å². The molecule has 32 heavy (non-hydrogen) atoms. The minimum absolute atomic E-state index is 0.185. The van der Waals surface area contributed by atoms with Crippen LogP contribution in [0.3, 0.4) is 0 Å². The Balaban J connectivity index is 1.77. The van der Waals surface area contributed by atoms with Crippen molar-refractivity contribution in [1.29, 1.82) is 0 Å². The Kier molecular flexibility index (Phi) is 6.33. The van der Waals surface area contributed by atoms with Gasteiger partial charge in [-0.25, -0.2) is 22.5 Å². The van der Waals surface area contributed by atoms with Gasteiger partial charge in [-0.05, 0) is 53.6 Å². The first-order valence-electron chi connectivity index (χ1n) is 9.61. The van der Waals surface area contributed by atoms with Gasteiger partial charge < -0.3 is 0 Å². The van der Waals surface area contributed by atoms with E-state index in [2.05, 4.69) is 10.1 Å². The molecule has 0 aliphatic rings. The molecular weight excluding hydrogens is 472 g/mol. The molecule has 0 amide bonds. The number of sulfone groups is 1. The fourth-order valence-electron chi connectivity index (χ4n) is 3.23. The van der Waals surface area contributed by atoms with Crippen molar-refractivity contribution in [3.63, 3.8) is 0 Å². The van der Waals surface area contributed by atoms with Crippen molar-refractivity contribution < 1.29 is 12.8 Å². The summed E-state index contributed by atoms with van der Waals surface area (Å²) in [6.07, 6.45) is 1.55. The van der Waals surface area contributed by atoms with Crippen LogP contribution in [0, 0.1) is 5.82 Å². The maximum atomic E-state index is 13.3. The van der Waals surface area contributed by atoms with Crippen molar-refractivity contribution in [1.82, 2.24) is 14.8 Å². The van der Waals surface area contributed by atoms with Crippen molar-refractivity contribution in [3.8, 4) is 11.4 Å². The fraction of sp³-hybridized carbons (Fsp3) is 0.130. The van der Waals surface area contributed by atoms with E-state index in [0.29, 0.717) is 40.2 Å². The molecule has 0 bridgehead atoms. The zero-order valence-electron chi connectivity index (χ0n) is 17.0. The first kappa shape index (κ1) is 22.5. The number of aromatic nitrogens is 3. The van der Waals surface area contributed by atoms with Gasteiger partial charge in [0.1, 0.15) is 11.6 Å². The van der Waals surface area contributed by atoms with Gasteiger partial charge in [0.15, 0.2) is 15.7 Å². The monoisotopic (exact) mass is 489 g/mol. The van der Waals surface area contributed by atoms with Gasteiger partial charge in [-0.15, -0.1) is 0 Å². The highest BCUT2D eigenvalue weighted by molar-refractivity contribution is 7.90. The average molecular weight is 490 g/mol. The summed E-state index contributed by atoms with van der Waals surface area (Å²) in [6, 6.07) is 17.8. The Morgan fingerprint density at radius 1 is 1.00 bits per heavy atom. The third-order valence-electron chi connectivity index (χ3n) is 4.87. The maximum Gasteiger partial charge on any atom is 0.181 e. The van der Waals surface area contributed by atoms with E-state index in [1.807, 2.05) is 0 Å². The molecule has 0 atom stereocenters. The lowest BCUT2D eigenvalue weighted by Crippen LogP contribution is -2.08. The maximum absolute atomic E-state index is 13.3. The Morgan fingerprint density at radius 2 is 1.75 bits per heavy atom. The van der Waals surface area contributed by atoms with Gasteiger partial charge >= 0.3 is 0 Å². The molecule has 3 aromatic carbocycles. The molecule has 0 saturated heterocycles. The third-order valence-corrected chi connectivity index (χ3v) is 6.59. The van der Waals surface area contributed by atoms with E-state index in [1.165, 1.54) is 18.2 Å². The summed E-state index contributed by atoms with van der Waals surface area (Å²) in [6.45, 7) is 0.314. The molecule has 0 fully saturated rings. The van der Waals surface area contributed by atoms with E-state index in [-0.39, 0.29) is 10.7 Å². The van der Waals surface area contributed by atoms with Crippen LogP contribution in [0.4, 0.5) is 4.39 Å².